The third kappa shape index (κ3) is 1.76. The zero-order valence-electron chi connectivity index (χ0n) is 7.89. The van der Waals surface area contributed by atoms with Gasteiger partial charge >= 0.3 is 0 Å². The normalized spacial score (nSPS) is 11.1. The molecule has 0 bridgehead atoms. The van der Waals surface area contributed by atoms with Crippen LogP contribution in [0.4, 0.5) is 0 Å². The fourth-order valence-corrected chi connectivity index (χ4v) is 3.63. The highest BCUT2D eigenvalue weighted by Crippen LogP contribution is 2.26. The van der Waals surface area contributed by atoms with Crippen LogP contribution in [0.15, 0.2) is 30.3 Å². The van der Waals surface area contributed by atoms with Crippen molar-refractivity contribution in [2.24, 2.45) is 0 Å². The molecular formula is C10H5I2N3S. The second-order valence-corrected chi connectivity index (χ2v) is 7.31. The van der Waals surface area contributed by atoms with Gasteiger partial charge in [0.05, 0.1) is 8.40 Å². The van der Waals surface area contributed by atoms with Crippen LogP contribution in [0.1, 0.15) is 0 Å². The van der Waals surface area contributed by atoms with Gasteiger partial charge in [-0.15, -0.1) is 16.4 Å². The summed E-state index contributed by atoms with van der Waals surface area (Å²) in [5.74, 6) is 0. The number of fused-ring (bicyclic) bond motifs is 1. The molecule has 0 amide bonds. The van der Waals surface area contributed by atoms with E-state index in [2.05, 4.69) is 67.6 Å². The second kappa shape index (κ2) is 4.22. The Bertz CT molecular complexity index is 659. The van der Waals surface area contributed by atoms with Crippen molar-refractivity contribution >= 4 is 67.6 Å². The minimum Gasteiger partial charge on any atom is -0.203 e. The average Bonchev–Trinajstić information content (AvgIpc) is 2.84. The number of thiophene rings is 1. The quantitative estimate of drug-likeness (QED) is 0.527. The van der Waals surface area contributed by atoms with E-state index < -0.39 is 0 Å². The Hall–Kier alpha value is -0.220. The van der Waals surface area contributed by atoms with Gasteiger partial charge < -0.3 is 0 Å². The van der Waals surface area contributed by atoms with Crippen molar-refractivity contribution in [3.8, 4) is 5.00 Å². The second-order valence-electron chi connectivity index (χ2n) is 3.19. The Balaban J connectivity index is 2.29. The smallest absolute Gasteiger partial charge is 0.127 e. The van der Waals surface area contributed by atoms with Gasteiger partial charge in [0.25, 0.3) is 0 Å². The summed E-state index contributed by atoms with van der Waals surface area (Å²) in [6.07, 6.45) is 0. The lowest BCUT2D eigenvalue weighted by atomic mass is 10.3. The third-order valence-electron chi connectivity index (χ3n) is 2.20. The largest absolute Gasteiger partial charge is 0.203 e. The monoisotopic (exact) mass is 453 g/mol. The predicted molar refractivity (Wildman–Crippen MR) is 82.2 cm³/mol. The molecule has 2 aromatic heterocycles. The molecule has 3 aromatic rings. The molecule has 0 fully saturated rings. The Morgan fingerprint density at radius 1 is 1.12 bits per heavy atom. The summed E-state index contributed by atoms with van der Waals surface area (Å²) in [7, 11) is 0. The molecule has 80 valence electrons. The summed E-state index contributed by atoms with van der Waals surface area (Å²) in [5.41, 5.74) is 2.02. The molecule has 0 saturated carbocycles. The van der Waals surface area contributed by atoms with E-state index >= 15 is 0 Å². The van der Waals surface area contributed by atoms with Crippen LogP contribution in [0.3, 0.4) is 0 Å². The highest BCUT2D eigenvalue weighted by molar-refractivity contribution is 14.1. The van der Waals surface area contributed by atoms with E-state index in [1.807, 2.05) is 22.9 Å². The topological polar surface area (TPSA) is 30.7 Å². The number of halogens is 2. The van der Waals surface area contributed by atoms with Gasteiger partial charge in [-0.3, -0.25) is 0 Å². The summed E-state index contributed by atoms with van der Waals surface area (Å²) < 4.78 is 4.28. The van der Waals surface area contributed by atoms with Crippen LogP contribution in [0.2, 0.25) is 0 Å². The molecule has 0 N–H and O–H groups in total. The predicted octanol–water partition coefficient (Wildman–Crippen LogP) is 3.69. The van der Waals surface area contributed by atoms with Gasteiger partial charge in [-0.25, -0.2) is 4.68 Å². The van der Waals surface area contributed by atoms with E-state index in [1.54, 1.807) is 11.3 Å². The van der Waals surface area contributed by atoms with Crippen LogP contribution in [0.25, 0.3) is 16.0 Å². The van der Waals surface area contributed by atoms with E-state index in [-0.39, 0.29) is 0 Å². The first kappa shape index (κ1) is 10.9. The van der Waals surface area contributed by atoms with Crippen molar-refractivity contribution in [1.82, 2.24) is 15.0 Å². The first-order chi connectivity index (χ1) is 7.75. The molecule has 0 radical (unpaired) electrons. The SMILES string of the molecule is Ic1ccc(-n2nnc3c(I)cccc32)s1. The van der Waals surface area contributed by atoms with Crippen LogP contribution in [0, 0.1) is 6.45 Å². The Kier molecular flexibility index (Phi) is 2.88. The molecule has 0 aliphatic heterocycles. The zero-order chi connectivity index (χ0) is 11.1. The van der Waals surface area contributed by atoms with Crippen LogP contribution < -0.4 is 0 Å². The minimum absolute atomic E-state index is 0.964. The van der Waals surface area contributed by atoms with Gasteiger partial charge in [-0.05, 0) is 69.4 Å². The Labute approximate surface area is 123 Å². The van der Waals surface area contributed by atoms with Crippen molar-refractivity contribution in [2.45, 2.75) is 0 Å². The summed E-state index contributed by atoms with van der Waals surface area (Å²) in [5, 5.41) is 9.53. The highest BCUT2D eigenvalue weighted by atomic mass is 127. The molecule has 6 heteroatoms. The molecule has 16 heavy (non-hydrogen) atoms. The molecule has 0 spiro atoms. The lowest BCUT2D eigenvalue weighted by Gasteiger charge is -1.97. The highest BCUT2D eigenvalue weighted by Gasteiger charge is 2.09. The number of aromatic nitrogens is 3. The molecule has 2 heterocycles. The third-order valence-corrected chi connectivity index (χ3v) is 4.94. The van der Waals surface area contributed by atoms with E-state index in [9.17, 15) is 0 Å². The van der Waals surface area contributed by atoms with Gasteiger partial charge in [-0.2, -0.15) is 0 Å². The lowest BCUT2D eigenvalue weighted by Crippen LogP contribution is -1.92. The van der Waals surface area contributed by atoms with Gasteiger partial charge in [0.1, 0.15) is 10.5 Å². The number of hydrogen-bond acceptors (Lipinski definition) is 3. The van der Waals surface area contributed by atoms with Crippen molar-refractivity contribution in [3.05, 3.63) is 36.8 Å². The van der Waals surface area contributed by atoms with Crippen LogP contribution in [-0.2, 0) is 0 Å². The summed E-state index contributed by atoms with van der Waals surface area (Å²) in [6.45, 7) is 0. The molecule has 3 nitrogen and oxygen atoms in total. The lowest BCUT2D eigenvalue weighted by molar-refractivity contribution is 0.835. The maximum Gasteiger partial charge on any atom is 0.127 e. The van der Waals surface area contributed by atoms with Crippen LogP contribution in [0.5, 0.6) is 0 Å². The van der Waals surface area contributed by atoms with Gasteiger partial charge in [0.15, 0.2) is 0 Å². The van der Waals surface area contributed by atoms with Crippen molar-refractivity contribution in [3.63, 3.8) is 0 Å². The molecule has 0 saturated heterocycles. The summed E-state index contributed by atoms with van der Waals surface area (Å²) in [6, 6.07) is 10.3. The number of hydrogen-bond donors (Lipinski definition) is 0. The fraction of sp³-hybridized carbons (Fsp3) is 0. The maximum atomic E-state index is 4.21. The average molecular weight is 453 g/mol. The molecule has 3 rings (SSSR count). The van der Waals surface area contributed by atoms with Crippen molar-refractivity contribution in [1.29, 1.82) is 0 Å². The van der Waals surface area contributed by atoms with Gasteiger partial charge in [0.2, 0.25) is 0 Å². The first-order valence-electron chi connectivity index (χ1n) is 4.51. The van der Waals surface area contributed by atoms with E-state index in [1.165, 1.54) is 2.88 Å². The summed E-state index contributed by atoms with van der Waals surface area (Å²) >= 11 is 6.30. The number of rotatable bonds is 1. The van der Waals surface area contributed by atoms with Crippen LogP contribution in [-0.4, -0.2) is 15.0 Å². The van der Waals surface area contributed by atoms with Gasteiger partial charge in [-0.1, -0.05) is 11.3 Å². The maximum absolute atomic E-state index is 4.21. The standard InChI is InChI=1S/C10H5I2N3S/c11-6-2-1-3-7-10(6)13-14-15(7)9-5-4-8(12)16-9/h1-5H. The Morgan fingerprint density at radius 2 is 2.00 bits per heavy atom. The number of benzene rings is 1. The first-order valence-corrected chi connectivity index (χ1v) is 7.49. The molecule has 1 aromatic carbocycles. The molecule has 0 aliphatic carbocycles. The zero-order valence-corrected chi connectivity index (χ0v) is 13.0. The summed E-state index contributed by atoms with van der Waals surface area (Å²) in [4.78, 5) is 0. The van der Waals surface area contributed by atoms with E-state index in [0.717, 1.165) is 19.6 Å². The van der Waals surface area contributed by atoms with E-state index in [4.69, 9.17) is 0 Å². The molecule has 0 aliphatic rings. The van der Waals surface area contributed by atoms with Crippen molar-refractivity contribution < 1.29 is 0 Å². The van der Waals surface area contributed by atoms with Crippen LogP contribution >= 0.6 is 56.5 Å². The van der Waals surface area contributed by atoms with E-state index in [0.29, 0.717) is 0 Å². The Morgan fingerprint density at radius 3 is 2.75 bits per heavy atom. The molecule has 0 unspecified atom stereocenters. The number of nitrogens with zero attached hydrogens (tertiary/aromatic N) is 3. The minimum atomic E-state index is 0.964. The fourth-order valence-electron chi connectivity index (χ4n) is 1.49. The molecule has 0 atom stereocenters. The van der Waals surface area contributed by atoms with Gasteiger partial charge in [0, 0.05) is 3.57 Å². The van der Waals surface area contributed by atoms with Crippen molar-refractivity contribution in [2.75, 3.05) is 0 Å². The molecular weight excluding hydrogens is 448 g/mol.